The van der Waals surface area contributed by atoms with Crippen LogP contribution in [0.25, 0.3) is 0 Å². The number of nitrogens with zero attached hydrogens (tertiary/aromatic N) is 5. The van der Waals surface area contributed by atoms with E-state index in [1.165, 1.54) is 0 Å². The first kappa shape index (κ1) is 16.1. The molecule has 0 radical (unpaired) electrons. The number of carbonyl (C=O) groups is 1. The van der Waals surface area contributed by atoms with Crippen molar-refractivity contribution < 1.29 is 4.79 Å². The highest BCUT2D eigenvalue weighted by Gasteiger charge is 2.24. The molecule has 1 unspecified atom stereocenters. The summed E-state index contributed by atoms with van der Waals surface area (Å²) in [6.07, 6.45) is 5.37. The number of amides is 1. The second kappa shape index (κ2) is 7.20. The summed E-state index contributed by atoms with van der Waals surface area (Å²) in [5, 5.41) is 5.93. The highest BCUT2D eigenvalue weighted by atomic mass is 16.2. The van der Waals surface area contributed by atoms with Gasteiger partial charge in [0.05, 0.1) is 0 Å². The van der Waals surface area contributed by atoms with E-state index in [0.29, 0.717) is 24.1 Å². The summed E-state index contributed by atoms with van der Waals surface area (Å²) in [6, 6.07) is 3.53. The highest BCUT2D eigenvalue weighted by Crippen LogP contribution is 2.15. The van der Waals surface area contributed by atoms with Crippen molar-refractivity contribution in [3.05, 3.63) is 35.9 Å². The molecular formula is C16H21N7O. The molecule has 3 heterocycles. The number of nitrogens with one attached hydrogen (secondary N) is 2. The quantitative estimate of drug-likeness (QED) is 0.865. The van der Waals surface area contributed by atoms with Gasteiger partial charge in [-0.25, -0.2) is 19.9 Å². The molecule has 2 aromatic heterocycles. The van der Waals surface area contributed by atoms with E-state index < -0.39 is 0 Å². The lowest BCUT2D eigenvalue weighted by molar-refractivity contribution is 0.0928. The van der Waals surface area contributed by atoms with Gasteiger partial charge in [-0.05, 0) is 31.9 Å². The first-order valence-electron chi connectivity index (χ1n) is 8.02. The van der Waals surface area contributed by atoms with E-state index in [4.69, 9.17) is 0 Å². The highest BCUT2D eigenvalue weighted by molar-refractivity contribution is 5.92. The fourth-order valence-electron chi connectivity index (χ4n) is 2.79. The molecule has 8 heteroatoms. The Labute approximate surface area is 140 Å². The molecule has 24 heavy (non-hydrogen) atoms. The zero-order valence-electron chi connectivity index (χ0n) is 13.9. The Morgan fingerprint density at radius 2 is 2.08 bits per heavy atom. The average Bonchev–Trinajstić information content (AvgIpc) is 2.62. The second-order valence-corrected chi connectivity index (χ2v) is 5.78. The first-order chi connectivity index (χ1) is 11.7. The SMILES string of the molecule is CNc1nc(C)cc(C(=O)NC2CCCN(c3ncccn3)C2)n1. The largest absolute Gasteiger partial charge is 0.357 e. The molecule has 1 saturated heterocycles. The Bertz CT molecular complexity index is 707. The molecule has 2 aromatic rings. The lowest BCUT2D eigenvalue weighted by Gasteiger charge is -2.33. The molecule has 126 valence electrons. The van der Waals surface area contributed by atoms with Crippen LogP contribution >= 0.6 is 0 Å². The maximum Gasteiger partial charge on any atom is 0.270 e. The minimum absolute atomic E-state index is 0.0448. The molecule has 1 aliphatic heterocycles. The summed E-state index contributed by atoms with van der Waals surface area (Å²) >= 11 is 0. The summed E-state index contributed by atoms with van der Waals surface area (Å²) in [5.41, 5.74) is 1.13. The van der Waals surface area contributed by atoms with Crippen molar-refractivity contribution >= 4 is 17.8 Å². The number of aryl methyl sites for hydroxylation is 1. The molecular weight excluding hydrogens is 306 g/mol. The van der Waals surface area contributed by atoms with Gasteiger partial charge in [0.15, 0.2) is 0 Å². The minimum Gasteiger partial charge on any atom is -0.357 e. The number of anilines is 2. The van der Waals surface area contributed by atoms with Gasteiger partial charge in [0.2, 0.25) is 11.9 Å². The van der Waals surface area contributed by atoms with Crippen LogP contribution in [-0.4, -0.2) is 52.0 Å². The summed E-state index contributed by atoms with van der Waals surface area (Å²) in [6.45, 7) is 3.43. The summed E-state index contributed by atoms with van der Waals surface area (Å²) in [7, 11) is 1.73. The van der Waals surface area contributed by atoms with Gasteiger partial charge in [0, 0.05) is 44.3 Å². The molecule has 1 aliphatic rings. The number of hydrogen-bond acceptors (Lipinski definition) is 7. The van der Waals surface area contributed by atoms with Crippen molar-refractivity contribution in [3.8, 4) is 0 Å². The predicted molar refractivity (Wildman–Crippen MR) is 91.0 cm³/mol. The third-order valence-corrected chi connectivity index (χ3v) is 3.90. The summed E-state index contributed by atoms with van der Waals surface area (Å²) < 4.78 is 0. The molecule has 0 aliphatic carbocycles. The van der Waals surface area contributed by atoms with Crippen molar-refractivity contribution in [1.82, 2.24) is 25.3 Å². The maximum atomic E-state index is 12.5. The molecule has 0 saturated carbocycles. The normalized spacial score (nSPS) is 17.4. The van der Waals surface area contributed by atoms with Gasteiger partial charge in [-0.2, -0.15) is 0 Å². The third kappa shape index (κ3) is 3.76. The van der Waals surface area contributed by atoms with E-state index in [9.17, 15) is 4.79 Å². The van der Waals surface area contributed by atoms with Crippen LogP contribution in [0.15, 0.2) is 24.5 Å². The van der Waals surface area contributed by atoms with Crippen LogP contribution in [0.3, 0.4) is 0 Å². The number of hydrogen-bond donors (Lipinski definition) is 2. The zero-order valence-corrected chi connectivity index (χ0v) is 13.9. The lowest BCUT2D eigenvalue weighted by Crippen LogP contribution is -2.48. The Hall–Kier alpha value is -2.77. The van der Waals surface area contributed by atoms with E-state index in [0.717, 1.165) is 25.1 Å². The van der Waals surface area contributed by atoms with Crippen LogP contribution in [-0.2, 0) is 0 Å². The van der Waals surface area contributed by atoms with Crippen LogP contribution in [0.2, 0.25) is 0 Å². The predicted octanol–water partition coefficient (Wildman–Crippen LogP) is 1.02. The van der Waals surface area contributed by atoms with Crippen LogP contribution in [0, 0.1) is 6.92 Å². The van der Waals surface area contributed by atoms with Crippen molar-refractivity contribution in [1.29, 1.82) is 0 Å². The number of piperidine rings is 1. The van der Waals surface area contributed by atoms with E-state index in [1.54, 1.807) is 31.6 Å². The molecule has 1 amide bonds. The molecule has 1 fully saturated rings. The van der Waals surface area contributed by atoms with Gasteiger partial charge >= 0.3 is 0 Å². The average molecular weight is 327 g/mol. The summed E-state index contributed by atoms with van der Waals surface area (Å²) in [5.74, 6) is 0.965. The lowest BCUT2D eigenvalue weighted by atomic mass is 10.1. The van der Waals surface area contributed by atoms with Crippen LogP contribution < -0.4 is 15.5 Å². The van der Waals surface area contributed by atoms with Gasteiger partial charge in [-0.3, -0.25) is 4.79 Å². The van der Waals surface area contributed by atoms with Crippen molar-refractivity contribution in [2.24, 2.45) is 0 Å². The topological polar surface area (TPSA) is 95.9 Å². The third-order valence-electron chi connectivity index (χ3n) is 3.90. The fraction of sp³-hybridized carbons (Fsp3) is 0.438. The van der Waals surface area contributed by atoms with E-state index in [1.807, 2.05) is 6.92 Å². The van der Waals surface area contributed by atoms with Crippen LogP contribution in [0.4, 0.5) is 11.9 Å². The molecule has 3 rings (SSSR count). The molecule has 2 N–H and O–H groups in total. The molecule has 8 nitrogen and oxygen atoms in total. The summed E-state index contributed by atoms with van der Waals surface area (Å²) in [4.78, 5) is 31.6. The van der Waals surface area contributed by atoms with Crippen LogP contribution in [0.1, 0.15) is 29.0 Å². The number of carbonyl (C=O) groups excluding carboxylic acids is 1. The van der Waals surface area contributed by atoms with Gasteiger partial charge in [0.25, 0.3) is 5.91 Å². The second-order valence-electron chi connectivity index (χ2n) is 5.78. The van der Waals surface area contributed by atoms with Crippen molar-refractivity contribution in [2.45, 2.75) is 25.8 Å². The molecule has 0 aromatic carbocycles. The van der Waals surface area contributed by atoms with Gasteiger partial charge in [0.1, 0.15) is 5.69 Å². The van der Waals surface area contributed by atoms with Crippen LogP contribution in [0.5, 0.6) is 0 Å². The first-order valence-corrected chi connectivity index (χ1v) is 8.02. The van der Waals surface area contributed by atoms with Gasteiger partial charge in [-0.15, -0.1) is 0 Å². The molecule has 1 atom stereocenters. The maximum absolute atomic E-state index is 12.5. The number of aromatic nitrogens is 4. The zero-order chi connectivity index (χ0) is 16.9. The molecule has 0 spiro atoms. The van der Waals surface area contributed by atoms with Crippen molar-refractivity contribution in [3.63, 3.8) is 0 Å². The van der Waals surface area contributed by atoms with Crippen molar-refractivity contribution in [2.75, 3.05) is 30.4 Å². The molecule has 0 bridgehead atoms. The Morgan fingerprint density at radius 1 is 1.29 bits per heavy atom. The Balaban J connectivity index is 1.67. The van der Waals surface area contributed by atoms with Gasteiger partial charge in [-0.1, -0.05) is 0 Å². The monoisotopic (exact) mass is 327 g/mol. The van der Waals surface area contributed by atoms with Gasteiger partial charge < -0.3 is 15.5 Å². The standard InChI is InChI=1S/C16H21N7O/c1-11-9-13(22-15(17-2)20-11)14(24)21-12-5-3-8-23(10-12)16-18-6-4-7-19-16/h4,6-7,9,12H,3,5,8,10H2,1-2H3,(H,21,24)(H,17,20,22). The van der Waals surface area contributed by atoms with E-state index in [-0.39, 0.29) is 11.9 Å². The van der Waals surface area contributed by atoms with E-state index in [2.05, 4.69) is 35.5 Å². The Kier molecular flexibility index (Phi) is 4.83. The fourth-order valence-corrected chi connectivity index (χ4v) is 2.79. The smallest absolute Gasteiger partial charge is 0.270 e. The minimum atomic E-state index is -0.183. The van der Waals surface area contributed by atoms with E-state index >= 15 is 0 Å². The Morgan fingerprint density at radius 3 is 2.83 bits per heavy atom. The number of rotatable bonds is 4.